The van der Waals surface area contributed by atoms with Gasteiger partial charge in [-0.05, 0) is 43.9 Å². The Morgan fingerprint density at radius 1 is 1.41 bits per heavy atom. The number of nitrogens with zero attached hydrogens (tertiary/aromatic N) is 1. The molecule has 0 spiro atoms. The number of ether oxygens (including phenoxy) is 1. The largest absolute Gasteiger partial charge is 0.491 e. The molecule has 1 aliphatic rings. The fraction of sp³-hybridized carbons (Fsp3) is 0.579. The number of benzene rings is 1. The number of rotatable bonds is 8. The Labute approximate surface area is 134 Å². The molecule has 1 fully saturated rings. The van der Waals surface area contributed by atoms with E-state index in [0.29, 0.717) is 19.2 Å². The summed E-state index contributed by atoms with van der Waals surface area (Å²) >= 11 is 0. The van der Waals surface area contributed by atoms with Crippen LogP contribution in [0.5, 0.6) is 5.75 Å². The van der Waals surface area contributed by atoms with E-state index < -0.39 is 6.10 Å². The second-order valence-electron chi connectivity index (χ2n) is 6.12. The summed E-state index contributed by atoms with van der Waals surface area (Å²) in [4.78, 5) is 2.42. The van der Waals surface area contributed by atoms with Crippen LogP contribution in [0.3, 0.4) is 0 Å². The zero-order valence-corrected chi connectivity index (χ0v) is 13.7. The molecule has 1 heterocycles. The minimum Gasteiger partial charge on any atom is -0.491 e. The number of aliphatic hydroxyl groups excluding tert-OH is 1. The van der Waals surface area contributed by atoms with Gasteiger partial charge in [0.1, 0.15) is 18.5 Å². The Kier molecular flexibility index (Phi) is 6.94. The van der Waals surface area contributed by atoms with E-state index in [1.165, 1.54) is 19.3 Å². The Morgan fingerprint density at radius 3 is 3.00 bits per heavy atom. The van der Waals surface area contributed by atoms with Crippen molar-refractivity contribution in [2.24, 2.45) is 0 Å². The molecule has 0 aromatic heterocycles. The number of hydrogen-bond acceptors (Lipinski definition) is 3. The molecule has 0 aliphatic carbocycles. The first-order valence-electron chi connectivity index (χ1n) is 8.48. The summed E-state index contributed by atoms with van der Waals surface area (Å²) in [5, 5.41) is 10.3. The van der Waals surface area contributed by atoms with Gasteiger partial charge >= 0.3 is 0 Å². The van der Waals surface area contributed by atoms with E-state index in [4.69, 9.17) is 4.74 Å². The summed E-state index contributed by atoms with van der Waals surface area (Å²) in [7, 11) is 0. The molecule has 3 heteroatoms. The molecule has 1 aromatic carbocycles. The van der Waals surface area contributed by atoms with E-state index in [1.54, 1.807) is 0 Å². The van der Waals surface area contributed by atoms with Crippen molar-refractivity contribution >= 4 is 0 Å². The summed E-state index contributed by atoms with van der Waals surface area (Å²) in [6.45, 7) is 8.17. The molecule has 0 amide bonds. The SMILES string of the molecule is C=CCc1ccccc1OCC(O)CN1CCCCC1CC. The summed E-state index contributed by atoms with van der Waals surface area (Å²) in [6.07, 6.45) is 7.20. The topological polar surface area (TPSA) is 32.7 Å². The predicted molar refractivity (Wildman–Crippen MR) is 91.3 cm³/mol. The summed E-state index contributed by atoms with van der Waals surface area (Å²) in [5.74, 6) is 0.854. The number of allylic oxidation sites excluding steroid dienone is 1. The molecule has 0 radical (unpaired) electrons. The molecule has 0 bridgehead atoms. The van der Waals surface area contributed by atoms with Gasteiger partial charge in [0.15, 0.2) is 0 Å². The van der Waals surface area contributed by atoms with Gasteiger partial charge in [0.2, 0.25) is 0 Å². The first kappa shape index (κ1) is 17.0. The standard InChI is InChI=1S/C19H29NO2/c1-3-9-16-10-5-6-12-19(16)22-15-18(21)14-20-13-8-7-11-17(20)4-2/h3,5-6,10,12,17-18,21H,1,4,7-9,11,13-15H2,2H3. The van der Waals surface area contributed by atoms with Gasteiger partial charge < -0.3 is 9.84 Å². The lowest BCUT2D eigenvalue weighted by Crippen LogP contribution is -2.44. The van der Waals surface area contributed by atoms with Gasteiger partial charge in [0, 0.05) is 12.6 Å². The molecule has 1 N–H and O–H groups in total. The van der Waals surface area contributed by atoms with Crippen molar-refractivity contribution in [2.45, 2.75) is 51.2 Å². The van der Waals surface area contributed by atoms with Crippen LogP contribution in [0.1, 0.15) is 38.2 Å². The van der Waals surface area contributed by atoms with Crippen molar-refractivity contribution in [1.29, 1.82) is 0 Å². The van der Waals surface area contributed by atoms with Crippen molar-refractivity contribution in [1.82, 2.24) is 4.90 Å². The van der Waals surface area contributed by atoms with Gasteiger partial charge in [-0.25, -0.2) is 0 Å². The average molecular weight is 303 g/mol. The smallest absolute Gasteiger partial charge is 0.122 e. The molecular weight excluding hydrogens is 274 g/mol. The van der Waals surface area contributed by atoms with Crippen LogP contribution in [-0.2, 0) is 6.42 Å². The second kappa shape index (κ2) is 8.96. The van der Waals surface area contributed by atoms with Crippen LogP contribution in [0.2, 0.25) is 0 Å². The molecule has 1 saturated heterocycles. The lowest BCUT2D eigenvalue weighted by molar-refractivity contribution is 0.0386. The van der Waals surface area contributed by atoms with E-state index in [1.807, 2.05) is 30.3 Å². The summed E-state index contributed by atoms with van der Waals surface area (Å²) in [6, 6.07) is 8.59. The van der Waals surface area contributed by atoms with Crippen LogP contribution in [0, 0.1) is 0 Å². The number of para-hydroxylation sites is 1. The van der Waals surface area contributed by atoms with Crippen LogP contribution in [0.15, 0.2) is 36.9 Å². The Bertz CT molecular complexity index is 461. The second-order valence-corrected chi connectivity index (χ2v) is 6.12. The Balaban J connectivity index is 1.84. The zero-order chi connectivity index (χ0) is 15.8. The molecule has 0 saturated carbocycles. The fourth-order valence-corrected chi connectivity index (χ4v) is 3.24. The third kappa shape index (κ3) is 4.85. The van der Waals surface area contributed by atoms with Crippen molar-refractivity contribution < 1.29 is 9.84 Å². The highest BCUT2D eigenvalue weighted by Crippen LogP contribution is 2.21. The van der Waals surface area contributed by atoms with Crippen LogP contribution < -0.4 is 4.74 Å². The Hall–Kier alpha value is -1.32. The third-order valence-electron chi connectivity index (χ3n) is 4.43. The molecule has 2 rings (SSSR count). The van der Waals surface area contributed by atoms with Crippen LogP contribution in [0.25, 0.3) is 0 Å². The minimum absolute atomic E-state index is 0.348. The monoisotopic (exact) mass is 303 g/mol. The van der Waals surface area contributed by atoms with E-state index >= 15 is 0 Å². The van der Waals surface area contributed by atoms with Gasteiger partial charge in [-0.1, -0.05) is 37.6 Å². The zero-order valence-electron chi connectivity index (χ0n) is 13.7. The Morgan fingerprint density at radius 2 is 2.23 bits per heavy atom. The maximum Gasteiger partial charge on any atom is 0.122 e. The van der Waals surface area contributed by atoms with Gasteiger partial charge in [-0.2, -0.15) is 0 Å². The number of β-amino-alcohol motifs (C(OH)–C–C–N with tert-alkyl or cyclic N) is 1. The normalized spacial score (nSPS) is 20.5. The van der Waals surface area contributed by atoms with E-state index in [-0.39, 0.29) is 0 Å². The molecule has 122 valence electrons. The van der Waals surface area contributed by atoms with E-state index in [2.05, 4.69) is 18.4 Å². The van der Waals surface area contributed by atoms with Crippen molar-refractivity contribution in [2.75, 3.05) is 19.7 Å². The number of piperidine rings is 1. The molecule has 3 nitrogen and oxygen atoms in total. The van der Waals surface area contributed by atoms with Crippen molar-refractivity contribution in [3.8, 4) is 5.75 Å². The van der Waals surface area contributed by atoms with Crippen LogP contribution in [-0.4, -0.2) is 41.8 Å². The van der Waals surface area contributed by atoms with Gasteiger partial charge in [0.25, 0.3) is 0 Å². The molecule has 2 atom stereocenters. The summed E-state index contributed by atoms with van der Waals surface area (Å²) < 4.78 is 5.84. The first-order valence-corrected chi connectivity index (χ1v) is 8.48. The number of likely N-dealkylation sites (tertiary alicyclic amines) is 1. The maximum atomic E-state index is 10.3. The van der Waals surface area contributed by atoms with Crippen LogP contribution >= 0.6 is 0 Å². The molecule has 22 heavy (non-hydrogen) atoms. The molecule has 1 aliphatic heterocycles. The lowest BCUT2D eigenvalue weighted by Gasteiger charge is -2.36. The van der Waals surface area contributed by atoms with E-state index in [0.717, 1.165) is 30.7 Å². The number of aliphatic hydroxyl groups is 1. The van der Waals surface area contributed by atoms with Crippen molar-refractivity contribution in [3.05, 3.63) is 42.5 Å². The third-order valence-corrected chi connectivity index (χ3v) is 4.43. The highest BCUT2D eigenvalue weighted by Gasteiger charge is 2.23. The van der Waals surface area contributed by atoms with E-state index in [9.17, 15) is 5.11 Å². The maximum absolute atomic E-state index is 10.3. The quantitative estimate of drug-likeness (QED) is 0.747. The first-order chi connectivity index (χ1) is 10.7. The molecule has 1 aromatic rings. The fourth-order valence-electron chi connectivity index (χ4n) is 3.24. The summed E-state index contributed by atoms with van der Waals surface area (Å²) in [5.41, 5.74) is 1.12. The van der Waals surface area contributed by atoms with Gasteiger partial charge in [0.05, 0.1) is 0 Å². The van der Waals surface area contributed by atoms with Gasteiger partial charge in [-0.3, -0.25) is 4.90 Å². The number of hydrogen-bond donors (Lipinski definition) is 1. The highest BCUT2D eigenvalue weighted by molar-refractivity contribution is 5.34. The average Bonchev–Trinajstić information content (AvgIpc) is 2.55. The molecule has 2 unspecified atom stereocenters. The lowest BCUT2D eigenvalue weighted by atomic mass is 10.00. The van der Waals surface area contributed by atoms with Crippen molar-refractivity contribution in [3.63, 3.8) is 0 Å². The highest BCUT2D eigenvalue weighted by atomic mass is 16.5. The van der Waals surface area contributed by atoms with Gasteiger partial charge in [-0.15, -0.1) is 6.58 Å². The predicted octanol–water partition coefficient (Wildman–Crippen LogP) is 3.42. The molecular formula is C19H29NO2. The minimum atomic E-state index is -0.441. The van der Waals surface area contributed by atoms with Crippen LogP contribution in [0.4, 0.5) is 0 Å².